The Hall–Kier alpha value is -3.61. The SMILES string of the molecule is CC(=O)N([C@H](CC(=O)c1cc(Br)c(N)c(Br)c1)C(=O)N1CCC(N2CCc3ccccc3NC2=O)CC1)N(C)c1ccc(Cl)cc1. The van der Waals surface area contributed by atoms with Crippen LogP contribution in [0.1, 0.15) is 42.1 Å². The van der Waals surface area contributed by atoms with Crippen LogP contribution in [0.15, 0.2) is 69.6 Å². The maximum atomic E-state index is 14.3. The van der Waals surface area contributed by atoms with Gasteiger partial charge < -0.3 is 20.9 Å². The molecule has 0 unspecified atom stereocenters. The number of hydrogen-bond donors (Lipinski definition) is 2. The van der Waals surface area contributed by atoms with E-state index in [1.54, 1.807) is 53.4 Å². The quantitative estimate of drug-likeness (QED) is 0.156. The minimum absolute atomic E-state index is 0.0522. The van der Waals surface area contributed by atoms with Gasteiger partial charge in [-0.05, 0) is 99.2 Å². The van der Waals surface area contributed by atoms with Crippen LogP contribution in [-0.4, -0.2) is 77.2 Å². The summed E-state index contributed by atoms with van der Waals surface area (Å²) in [6.07, 6.45) is 1.62. The van der Waals surface area contributed by atoms with Gasteiger partial charge in [0, 0.05) is 71.3 Å². The van der Waals surface area contributed by atoms with Crippen LogP contribution in [0.3, 0.4) is 0 Å². The van der Waals surface area contributed by atoms with Crippen molar-refractivity contribution in [1.29, 1.82) is 0 Å². The molecule has 1 saturated heterocycles. The molecule has 242 valence electrons. The highest BCUT2D eigenvalue weighted by Gasteiger charge is 2.39. The lowest BCUT2D eigenvalue weighted by Crippen LogP contribution is -2.59. The number of halogens is 3. The monoisotopic (exact) mass is 772 g/mol. The summed E-state index contributed by atoms with van der Waals surface area (Å²) < 4.78 is 1.08. The second kappa shape index (κ2) is 14.4. The van der Waals surface area contributed by atoms with Gasteiger partial charge in [-0.1, -0.05) is 29.8 Å². The number of ketones is 1. The highest BCUT2D eigenvalue weighted by molar-refractivity contribution is 9.11. The van der Waals surface area contributed by atoms with E-state index in [-0.39, 0.29) is 30.2 Å². The third-order valence-electron chi connectivity index (χ3n) is 8.56. The van der Waals surface area contributed by atoms with Gasteiger partial charge in [-0.15, -0.1) is 0 Å². The Morgan fingerprint density at radius 3 is 2.28 bits per heavy atom. The number of piperidine rings is 1. The first-order valence-electron chi connectivity index (χ1n) is 15.0. The smallest absolute Gasteiger partial charge is 0.322 e. The zero-order valence-corrected chi connectivity index (χ0v) is 29.4. The Bertz CT molecular complexity index is 1620. The predicted octanol–water partition coefficient (Wildman–Crippen LogP) is 6.37. The molecule has 0 aromatic heterocycles. The van der Waals surface area contributed by atoms with Crippen LogP contribution >= 0.6 is 43.5 Å². The number of rotatable bonds is 8. The van der Waals surface area contributed by atoms with Gasteiger partial charge in [0.25, 0.3) is 0 Å². The lowest BCUT2D eigenvalue weighted by molar-refractivity contribution is -0.146. The van der Waals surface area contributed by atoms with E-state index < -0.39 is 11.9 Å². The number of carbonyl (C=O) groups excluding carboxylic acids is 4. The fourth-order valence-corrected chi connectivity index (χ4v) is 7.40. The molecular weight excluding hydrogens is 740 g/mol. The summed E-state index contributed by atoms with van der Waals surface area (Å²) in [4.78, 5) is 58.0. The van der Waals surface area contributed by atoms with Crippen molar-refractivity contribution in [1.82, 2.24) is 14.8 Å². The van der Waals surface area contributed by atoms with Gasteiger partial charge in [0.15, 0.2) is 5.78 Å². The van der Waals surface area contributed by atoms with Crippen LogP contribution in [0.25, 0.3) is 0 Å². The molecule has 2 aliphatic heterocycles. The number of anilines is 3. The molecule has 0 saturated carbocycles. The van der Waals surface area contributed by atoms with Crippen molar-refractivity contribution in [3.63, 3.8) is 0 Å². The summed E-state index contributed by atoms with van der Waals surface area (Å²) in [6, 6.07) is 16.6. The number of hydrogen-bond acceptors (Lipinski definition) is 6. The van der Waals surface area contributed by atoms with Gasteiger partial charge in [0.2, 0.25) is 11.8 Å². The Morgan fingerprint density at radius 1 is 1.02 bits per heavy atom. The van der Waals surface area contributed by atoms with Crippen LogP contribution in [-0.2, 0) is 16.0 Å². The molecule has 3 N–H and O–H groups in total. The number of amides is 4. The first-order valence-corrected chi connectivity index (χ1v) is 16.9. The summed E-state index contributed by atoms with van der Waals surface area (Å²) in [5.74, 6) is -1.07. The van der Waals surface area contributed by atoms with Crippen molar-refractivity contribution >= 4 is 84.2 Å². The molecule has 3 aromatic carbocycles. The molecule has 0 spiro atoms. The molecule has 0 aliphatic carbocycles. The Morgan fingerprint density at radius 2 is 1.65 bits per heavy atom. The number of nitrogens with two attached hydrogens (primary N) is 1. The fraction of sp³-hybridized carbons (Fsp3) is 0.333. The highest BCUT2D eigenvalue weighted by Crippen LogP contribution is 2.31. The van der Waals surface area contributed by atoms with Gasteiger partial charge >= 0.3 is 6.03 Å². The van der Waals surface area contributed by atoms with E-state index >= 15 is 0 Å². The minimum Gasteiger partial charge on any atom is -0.397 e. The molecule has 10 nitrogen and oxygen atoms in total. The third kappa shape index (κ3) is 7.34. The van der Waals surface area contributed by atoms with Crippen molar-refractivity contribution < 1.29 is 19.2 Å². The fourth-order valence-electron chi connectivity index (χ4n) is 6.08. The average Bonchev–Trinajstić information content (AvgIpc) is 3.20. The second-order valence-electron chi connectivity index (χ2n) is 11.4. The number of hydrazine groups is 1. The van der Waals surface area contributed by atoms with Crippen molar-refractivity contribution in [2.45, 2.75) is 44.7 Å². The Balaban J connectivity index is 1.37. The van der Waals surface area contributed by atoms with E-state index in [9.17, 15) is 19.2 Å². The summed E-state index contributed by atoms with van der Waals surface area (Å²) in [5.41, 5.74) is 9.37. The molecule has 46 heavy (non-hydrogen) atoms. The Kier molecular flexibility index (Phi) is 10.6. The van der Waals surface area contributed by atoms with Crippen LogP contribution in [0.4, 0.5) is 21.9 Å². The van der Waals surface area contributed by atoms with Gasteiger partial charge in [-0.25, -0.2) is 9.80 Å². The van der Waals surface area contributed by atoms with Gasteiger partial charge in [-0.2, -0.15) is 0 Å². The van der Waals surface area contributed by atoms with E-state index in [0.29, 0.717) is 63.4 Å². The number of Topliss-reactive ketones (excluding diaryl/α,β-unsaturated/α-hetero) is 1. The largest absolute Gasteiger partial charge is 0.397 e. The summed E-state index contributed by atoms with van der Waals surface area (Å²) in [6.45, 7) is 2.70. The maximum Gasteiger partial charge on any atom is 0.322 e. The average molecular weight is 775 g/mol. The number of para-hydroxylation sites is 1. The number of benzene rings is 3. The molecule has 1 fully saturated rings. The second-order valence-corrected chi connectivity index (χ2v) is 13.6. The first kappa shape index (κ1) is 33.7. The van der Waals surface area contributed by atoms with Crippen LogP contribution in [0.5, 0.6) is 0 Å². The molecule has 0 radical (unpaired) electrons. The van der Waals surface area contributed by atoms with E-state index in [4.69, 9.17) is 17.3 Å². The zero-order valence-electron chi connectivity index (χ0n) is 25.5. The molecule has 3 aromatic rings. The normalized spacial score (nSPS) is 15.8. The number of nitrogens with zero attached hydrogens (tertiary/aromatic N) is 4. The van der Waals surface area contributed by atoms with Crippen molar-refractivity contribution in [2.75, 3.05) is 42.7 Å². The minimum atomic E-state index is -1.13. The number of carbonyl (C=O) groups is 4. The van der Waals surface area contributed by atoms with E-state index in [0.717, 1.165) is 17.7 Å². The van der Waals surface area contributed by atoms with Crippen molar-refractivity contribution in [3.05, 3.63) is 85.8 Å². The molecule has 2 aliphatic rings. The first-order chi connectivity index (χ1) is 21.9. The molecular formula is C33H35Br2ClN6O4. The Labute approximate surface area is 290 Å². The standard InChI is InChI=1S/C33H35Br2ClN6O4/c1-20(43)42(39(2)24-9-7-23(36)8-10-24)29(19-30(44)22-17-26(34)31(37)27(35)18-22)32(45)40-14-12-25(13-15-40)41-16-11-21-5-3-4-6-28(21)38-33(41)46/h3-10,17-18,25,29H,11-16,19,37H2,1-2H3,(H,38,46)/t29-/m1/s1. The van der Waals surface area contributed by atoms with Crippen LogP contribution < -0.4 is 16.1 Å². The molecule has 5 rings (SSSR count). The van der Waals surface area contributed by atoms with Crippen molar-refractivity contribution in [3.8, 4) is 0 Å². The molecule has 13 heteroatoms. The lowest BCUT2D eigenvalue weighted by atomic mass is 9.98. The van der Waals surface area contributed by atoms with E-state index in [1.165, 1.54) is 11.9 Å². The maximum absolute atomic E-state index is 14.3. The van der Waals surface area contributed by atoms with Crippen LogP contribution in [0, 0.1) is 0 Å². The van der Waals surface area contributed by atoms with E-state index in [1.807, 2.05) is 29.2 Å². The number of urea groups is 1. The lowest BCUT2D eigenvalue weighted by Gasteiger charge is -2.42. The molecule has 0 bridgehead atoms. The molecule has 1 atom stereocenters. The van der Waals surface area contributed by atoms with Crippen molar-refractivity contribution in [2.24, 2.45) is 0 Å². The number of nitrogens with one attached hydrogen (secondary N) is 1. The summed E-state index contributed by atoms with van der Waals surface area (Å²) >= 11 is 12.9. The van der Waals surface area contributed by atoms with Crippen LogP contribution in [0.2, 0.25) is 5.02 Å². The molecule has 2 heterocycles. The summed E-state index contributed by atoms with van der Waals surface area (Å²) in [7, 11) is 1.67. The van der Waals surface area contributed by atoms with E-state index in [2.05, 4.69) is 37.2 Å². The number of likely N-dealkylation sites (tertiary alicyclic amines) is 1. The number of fused-ring (bicyclic) bond motifs is 1. The highest BCUT2D eigenvalue weighted by atomic mass is 79.9. The van der Waals surface area contributed by atoms with Gasteiger partial charge in [0.05, 0.1) is 11.4 Å². The van der Waals surface area contributed by atoms with Gasteiger partial charge in [0.1, 0.15) is 6.04 Å². The predicted molar refractivity (Wildman–Crippen MR) is 187 cm³/mol. The molecule has 4 amide bonds. The summed E-state index contributed by atoms with van der Waals surface area (Å²) in [5, 5.41) is 6.46. The van der Waals surface area contributed by atoms with Gasteiger partial charge in [-0.3, -0.25) is 19.4 Å². The third-order valence-corrected chi connectivity index (χ3v) is 10.1. The topological polar surface area (TPSA) is 119 Å². The number of nitrogen functional groups attached to an aromatic ring is 1. The zero-order chi connectivity index (χ0) is 33.1.